The minimum absolute atomic E-state index is 0.210. The van der Waals surface area contributed by atoms with Gasteiger partial charge in [0.2, 0.25) is 0 Å². The van der Waals surface area contributed by atoms with Gasteiger partial charge in [-0.2, -0.15) is 0 Å². The molecule has 3 nitrogen and oxygen atoms in total. The van der Waals surface area contributed by atoms with E-state index in [9.17, 15) is 0 Å². The van der Waals surface area contributed by atoms with Crippen LogP contribution in [0.15, 0.2) is 0 Å². The van der Waals surface area contributed by atoms with Crippen LogP contribution in [0.3, 0.4) is 0 Å². The Hall–Kier alpha value is -0.560. The molecule has 0 amide bonds. The Bertz CT molecular complexity index is 232. The van der Waals surface area contributed by atoms with E-state index < -0.39 is 0 Å². The third-order valence-electron chi connectivity index (χ3n) is 2.96. The van der Waals surface area contributed by atoms with Gasteiger partial charge in [-0.3, -0.25) is 4.90 Å². The fraction of sp³-hybridized carbons (Fsp3) is 0.833. The Morgan fingerprint density at radius 3 is 2.87 bits per heavy atom. The van der Waals surface area contributed by atoms with Crippen molar-refractivity contribution in [1.29, 1.82) is 0 Å². The lowest BCUT2D eigenvalue weighted by molar-refractivity contribution is 0.0524. The summed E-state index contributed by atoms with van der Waals surface area (Å²) >= 11 is 0. The molecule has 2 heterocycles. The zero-order chi connectivity index (χ0) is 10.3. The van der Waals surface area contributed by atoms with Gasteiger partial charge in [0.05, 0.1) is 6.54 Å². The number of ether oxygens (including phenoxy) is 1. The molecular weight excluding hydrogens is 188 g/mol. The molecule has 2 aliphatic heterocycles. The smallest absolute Gasteiger partial charge is 0.118 e. The van der Waals surface area contributed by atoms with Crippen LogP contribution in [0.4, 0.5) is 0 Å². The van der Waals surface area contributed by atoms with Crippen LogP contribution in [0.25, 0.3) is 0 Å². The van der Waals surface area contributed by atoms with Crippen LogP contribution >= 0.6 is 0 Å². The van der Waals surface area contributed by atoms with E-state index in [1.54, 1.807) is 0 Å². The molecule has 0 bridgehead atoms. The van der Waals surface area contributed by atoms with Gasteiger partial charge in [0, 0.05) is 32.8 Å². The maximum Gasteiger partial charge on any atom is 0.118 e. The summed E-state index contributed by atoms with van der Waals surface area (Å²) in [4.78, 5) is 2.40. The highest BCUT2D eigenvalue weighted by molar-refractivity contribution is 5.07. The molecule has 0 aliphatic carbocycles. The van der Waals surface area contributed by atoms with Gasteiger partial charge < -0.3 is 10.1 Å². The van der Waals surface area contributed by atoms with Crippen molar-refractivity contribution in [3.05, 3.63) is 0 Å². The van der Waals surface area contributed by atoms with E-state index in [1.807, 2.05) is 0 Å². The molecule has 84 valence electrons. The summed E-state index contributed by atoms with van der Waals surface area (Å²) in [7, 11) is 0. The van der Waals surface area contributed by atoms with E-state index >= 15 is 0 Å². The summed E-state index contributed by atoms with van der Waals surface area (Å²) in [5.74, 6) is 6.48. The topological polar surface area (TPSA) is 24.5 Å². The van der Waals surface area contributed by atoms with Gasteiger partial charge in [-0.25, -0.2) is 0 Å². The standard InChI is InChI=1S/C12H20N2O/c1-2-11-15-12(4-1)5-3-8-14-9-6-13-7-10-14/h12-13H,1-2,4,6-11H2. The van der Waals surface area contributed by atoms with Crippen LogP contribution in [-0.2, 0) is 4.74 Å². The second-order valence-electron chi connectivity index (χ2n) is 4.20. The first-order valence-corrected chi connectivity index (χ1v) is 5.98. The number of nitrogens with one attached hydrogen (secondary N) is 1. The van der Waals surface area contributed by atoms with Gasteiger partial charge in [0.15, 0.2) is 0 Å². The van der Waals surface area contributed by atoms with Crippen molar-refractivity contribution >= 4 is 0 Å². The zero-order valence-electron chi connectivity index (χ0n) is 9.30. The molecule has 15 heavy (non-hydrogen) atoms. The van der Waals surface area contributed by atoms with E-state index in [1.165, 1.54) is 12.8 Å². The van der Waals surface area contributed by atoms with Crippen molar-refractivity contribution in [2.75, 3.05) is 39.3 Å². The van der Waals surface area contributed by atoms with Crippen molar-refractivity contribution < 1.29 is 4.74 Å². The molecule has 2 rings (SSSR count). The maximum absolute atomic E-state index is 5.56. The van der Waals surface area contributed by atoms with Crippen molar-refractivity contribution in [2.45, 2.75) is 25.4 Å². The van der Waals surface area contributed by atoms with Gasteiger partial charge in [0.1, 0.15) is 6.10 Å². The lowest BCUT2D eigenvalue weighted by Gasteiger charge is -2.25. The average molecular weight is 208 g/mol. The summed E-state index contributed by atoms with van der Waals surface area (Å²) in [5, 5.41) is 3.34. The largest absolute Gasteiger partial charge is 0.366 e. The molecule has 0 radical (unpaired) electrons. The Labute approximate surface area is 92.2 Å². The first kappa shape index (κ1) is 10.9. The molecule has 2 aliphatic rings. The second kappa shape index (κ2) is 6.12. The molecule has 2 fully saturated rings. The lowest BCUT2D eigenvalue weighted by atomic mass is 10.1. The SMILES string of the molecule is C(#CC1CCCCO1)CN1CCNCC1. The fourth-order valence-electron chi connectivity index (χ4n) is 2.00. The Kier molecular flexibility index (Phi) is 4.46. The number of rotatable bonds is 1. The number of piperazine rings is 1. The van der Waals surface area contributed by atoms with Crippen molar-refractivity contribution in [3.63, 3.8) is 0 Å². The molecule has 0 saturated carbocycles. The van der Waals surface area contributed by atoms with Crippen molar-refractivity contribution in [3.8, 4) is 11.8 Å². The van der Waals surface area contributed by atoms with Crippen molar-refractivity contribution in [2.24, 2.45) is 0 Å². The molecule has 0 aromatic rings. The molecular formula is C12H20N2O. The normalized spacial score (nSPS) is 28.1. The molecule has 3 heteroatoms. The zero-order valence-corrected chi connectivity index (χ0v) is 9.30. The van der Waals surface area contributed by atoms with Crippen LogP contribution in [0.2, 0.25) is 0 Å². The Morgan fingerprint density at radius 1 is 1.27 bits per heavy atom. The van der Waals surface area contributed by atoms with Crippen molar-refractivity contribution in [1.82, 2.24) is 10.2 Å². The third-order valence-corrected chi connectivity index (χ3v) is 2.96. The highest BCUT2D eigenvalue weighted by Gasteiger charge is 2.10. The van der Waals surface area contributed by atoms with Crippen LogP contribution < -0.4 is 5.32 Å². The van der Waals surface area contributed by atoms with E-state index in [0.29, 0.717) is 0 Å². The first-order chi connectivity index (χ1) is 7.45. The quantitative estimate of drug-likeness (QED) is 0.634. The van der Waals surface area contributed by atoms with E-state index in [0.717, 1.165) is 45.8 Å². The van der Waals surface area contributed by atoms with E-state index in [-0.39, 0.29) is 6.10 Å². The van der Waals surface area contributed by atoms with Crippen LogP contribution in [0.1, 0.15) is 19.3 Å². The summed E-state index contributed by atoms with van der Waals surface area (Å²) in [6.07, 6.45) is 3.80. The molecule has 0 aromatic carbocycles. The van der Waals surface area contributed by atoms with E-state index in [4.69, 9.17) is 4.74 Å². The Balaban J connectivity index is 1.68. The minimum atomic E-state index is 0.210. The predicted molar refractivity (Wildman–Crippen MR) is 60.7 cm³/mol. The molecule has 0 spiro atoms. The van der Waals surface area contributed by atoms with Gasteiger partial charge in [0.25, 0.3) is 0 Å². The third kappa shape index (κ3) is 3.83. The number of hydrogen-bond acceptors (Lipinski definition) is 3. The molecule has 2 saturated heterocycles. The monoisotopic (exact) mass is 208 g/mol. The average Bonchev–Trinajstić information content (AvgIpc) is 2.32. The second-order valence-corrected chi connectivity index (χ2v) is 4.20. The van der Waals surface area contributed by atoms with Gasteiger partial charge >= 0.3 is 0 Å². The minimum Gasteiger partial charge on any atom is -0.366 e. The molecule has 0 aromatic heterocycles. The molecule has 1 N–H and O–H groups in total. The van der Waals surface area contributed by atoms with Gasteiger partial charge in [-0.1, -0.05) is 11.8 Å². The van der Waals surface area contributed by atoms with Crippen LogP contribution in [0, 0.1) is 11.8 Å². The first-order valence-electron chi connectivity index (χ1n) is 5.98. The highest BCUT2D eigenvalue weighted by Crippen LogP contribution is 2.11. The number of hydrogen-bond donors (Lipinski definition) is 1. The fourth-order valence-corrected chi connectivity index (χ4v) is 2.00. The summed E-state index contributed by atoms with van der Waals surface area (Å²) < 4.78 is 5.56. The Morgan fingerprint density at radius 2 is 2.13 bits per heavy atom. The predicted octanol–water partition coefficient (Wildman–Crippen LogP) is 0.464. The lowest BCUT2D eigenvalue weighted by Crippen LogP contribution is -2.43. The van der Waals surface area contributed by atoms with Gasteiger partial charge in [-0.15, -0.1) is 0 Å². The summed E-state index contributed by atoms with van der Waals surface area (Å²) in [6, 6.07) is 0. The number of nitrogens with zero attached hydrogens (tertiary/aromatic N) is 1. The highest BCUT2D eigenvalue weighted by atomic mass is 16.5. The van der Waals surface area contributed by atoms with Crippen LogP contribution in [-0.4, -0.2) is 50.3 Å². The maximum atomic E-state index is 5.56. The van der Waals surface area contributed by atoms with Crippen LogP contribution in [0.5, 0.6) is 0 Å². The molecule has 1 atom stereocenters. The summed E-state index contributed by atoms with van der Waals surface area (Å²) in [5.41, 5.74) is 0. The van der Waals surface area contributed by atoms with Gasteiger partial charge in [-0.05, 0) is 19.3 Å². The summed E-state index contributed by atoms with van der Waals surface area (Å²) in [6.45, 7) is 6.25. The van der Waals surface area contributed by atoms with E-state index in [2.05, 4.69) is 22.1 Å². The molecule has 1 unspecified atom stereocenters.